The number of nitrogens with zero attached hydrogens (tertiary/aromatic N) is 2. The fourth-order valence-electron chi connectivity index (χ4n) is 4.35. The lowest BCUT2D eigenvalue weighted by molar-refractivity contribution is 0.587. The monoisotopic (exact) mass is 400 g/mol. The zero-order valence-electron chi connectivity index (χ0n) is 17.5. The molecular formula is C24H28N6. The molecule has 0 radical (unpaired) electrons. The molecule has 1 aromatic carbocycles. The summed E-state index contributed by atoms with van der Waals surface area (Å²) in [6, 6.07) is 8.94. The van der Waals surface area contributed by atoms with E-state index in [0.717, 1.165) is 60.1 Å². The molecule has 2 fully saturated rings. The number of aromatic amines is 2. The van der Waals surface area contributed by atoms with E-state index in [1.54, 1.807) is 0 Å². The van der Waals surface area contributed by atoms with Crippen LogP contribution in [0, 0.1) is 23.7 Å². The Kier molecular flexibility index (Phi) is 5.16. The van der Waals surface area contributed by atoms with Gasteiger partial charge in [-0.25, -0.2) is 9.97 Å². The smallest absolute Gasteiger partial charge is 0.124 e. The second-order valence-electron chi connectivity index (χ2n) is 8.79. The fourth-order valence-corrected chi connectivity index (χ4v) is 4.35. The Morgan fingerprint density at radius 1 is 0.800 bits per heavy atom. The zero-order valence-corrected chi connectivity index (χ0v) is 17.5. The van der Waals surface area contributed by atoms with Gasteiger partial charge in [0.25, 0.3) is 0 Å². The van der Waals surface area contributed by atoms with Crippen molar-refractivity contribution in [3.63, 3.8) is 0 Å². The quantitative estimate of drug-likeness (QED) is 0.507. The van der Waals surface area contributed by atoms with E-state index in [2.05, 4.69) is 80.5 Å². The fraction of sp³-hybridized carbons (Fsp3) is 0.417. The molecule has 2 aliphatic heterocycles. The molecule has 6 nitrogen and oxygen atoms in total. The van der Waals surface area contributed by atoms with Gasteiger partial charge in [-0.15, -0.1) is 0 Å². The maximum absolute atomic E-state index is 4.58. The third-order valence-electron chi connectivity index (χ3n) is 6.09. The minimum absolute atomic E-state index is 0.316. The van der Waals surface area contributed by atoms with Gasteiger partial charge in [0.15, 0.2) is 0 Å². The van der Waals surface area contributed by atoms with Crippen LogP contribution in [0.15, 0.2) is 36.7 Å². The van der Waals surface area contributed by atoms with Gasteiger partial charge in [0.2, 0.25) is 0 Å². The summed E-state index contributed by atoms with van der Waals surface area (Å²) in [5, 5.41) is 7.03. The first-order chi connectivity index (χ1) is 14.6. The molecule has 0 bridgehead atoms. The van der Waals surface area contributed by atoms with Crippen molar-refractivity contribution in [1.82, 2.24) is 30.6 Å². The molecule has 30 heavy (non-hydrogen) atoms. The SMILES string of the molecule is C[C@@H]1CN[C@H](c2ncc(C#Cc3ccc(-c4cnc([C@@H]5C[C@H](C)CN5)[nH]4)cc3)[nH]2)C1. The first kappa shape index (κ1) is 19.1. The average molecular weight is 401 g/mol. The van der Waals surface area contributed by atoms with Crippen LogP contribution in [-0.4, -0.2) is 33.0 Å². The highest BCUT2D eigenvalue weighted by atomic mass is 15.0. The van der Waals surface area contributed by atoms with E-state index in [1.807, 2.05) is 12.4 Å². The summed E-state index contributed by atoms with van der Waals surface area (Å²) in [7, 11) is 0. The van der Waals surface area contributed by atoms with Crippen molar-refractivity contribution in [3.8, 4) is 23.1 Å². The Balaban J connectivity index is 1.25. The van der Waals surface area contributed by atoms with Crippen LogP contribution in [0.5, 0.6) is 0 Å². The molecule has 4 heterocycles. The van der Waals surface area contributed by atoms with Gasteiger partial charge in [-0.05, 0) is 61.4 Å². The molecule has 3 aromatic rings. The molecule has 0 unspecified atom stereocenters. The molecule has 4 atom stereocenters. The first-order valence-electron chi connectivity index (χ1n) is 10.8. The van der Waals surface area contributed by atoms with Crippen LogP contribution in [0.25, 0.3) is 11.3 Å². The standard InChI is InChI=1S/C24H28N6/c1-15-9-20(25-11-15)23-27-13-19(29-23)8-5-17-3-6-18(7-4-17)22-14-28-24(30-22)21-10-16(2)12-26-21/h3-4,6-7,13-16,20-21,25-26H,9-12H2,1-2H3,(H,27,29)(H,28,30)/t15-,16-,20-,21-/m0/s1. The molecule has 154 valence electrons. The predicted molar refractivity (Wildman–Crippen MR) is 118 cm³/mol. The molecule has 5 rings (SSSR count). The molecule has 0 amide bonds. The van der Waals surface area contributed by atoms with E-state index in [4.69, 9.17) is 0 Å². The van der Waals surface area contributed by atoms with E-state index in [1.165, 1.54) is 0 Å². The highest BCUT2D eigenvalue weighted by molar-refractivity contribution is 5.60. The largest absolute Gasteiger partial charge is 0.341 e. The van der Waals surface area contributed by atoms with Gasteiger partial charge in [-0.3, -0.25) is 0 Å². The molecule has 2 saturated heterocycles. The van der Waals surface area contributed by atoms with Crippen molar-refractivity contribution < 1.29 is 0 Å². The Morgan fingerprint density at radius 2 is 1.43 bits per heavy atom. The van der Waals surface area contributed by atoms with Crippen LogP contribution in [-0.2, 0) is 0 Å². The van der Waals surface area contributed by atoms with Gasteiger partial charge in [-0.2, -0.15) is 0 Å². The van der Waals surface area contributed by atoms with Gasteiger partial charge in [0.05, 0.1) is 30.2 Å². The lowest BCUT2D eigenvalue weighted by Gasteiger charge is -2.06. The highest BCUT2D eigenvalue weighted by Crippen LogP contribution is 2.27. The second-order valence-corrected chi connectivity index (χ2v) is 8.79. The third kappa shape index (κ3) is 4.04. The lowest BCUT2D eigenvalue weighted by atomic mass is 10.1. The minimum Gasteiger partial charge on any atom is -0.341 e. The molecule has 4 N–H and O–H groups in total. The summed E-state index contributed by atoms with van der Waals surface area (Å²) in [4.78, 5) is 15.9. The van der Waals surface area contributed by atoms with Crippen LogP contribution in [0.4, 0.5) is 0 Å². The average Bonchev–Trinajstić information content (AvgIpc) is 3.54. The summed E-state index contributed by atoms with van der Waals surface area (Å²) in [5.74, 6) is 9.83. The Bertz CT molecular complexity index is 1070. The lowest BCUT2D eigenvalue weighted by Crippen LogP contribution is -2.14. The maximum Gasteiger partial charge on any atom is 0.124 e. The van der Waals surface area contributed by atoms with Crippen molar-refractivity contribution in [1.29, 1.82) is 0 Å². The van der Waals surface area contributed by atoms with Crippen molar-refractivity contribution in [2.45, 2.75) is 38.8 Å². The molecule has 0 spiro atoms. The molecule has 0 saturated carbocycles. The summed E-state index contributed by atoms with van der Waals surface area (Å²) >= 11 is 0. The Hall–Kier alpha value is -2.88. The van der Waals surface area contributed by atoms with Gasteiger partial charge in [0.1, 0.15) is 17.3 Å². The number of hydrogen-bond donors (Lipinski definition) is 4. The number of hydrogen-bond acceptors (Lipinski definition) is 4. The van der Waals surface area contributed by atoms with Crippen LogP contribution < -0.4 is 10.6 Å². The van der Waals surface area contributed by atoms with E-state index in [-0.39, 0.29) is 0 Å². The van der Waals surface area contributed by atoms with Crippen molar-refractivity contribution >= 4 is 0 Å². The van der Waals surface area contributed by atoms with E-state index in [0.29, 0.717) is 23.9 Å². The van der Waals surface area contributed by atoms with Crippen molar-refractivity contribution in [2.24, 2.45) is 11.8 Å². The van der Waals surface area contributed by atoms with Gasteiger partial charge >= 0.3 is 0 Å². The highest BCUT2D eigenvalue weighted by Gasteiger charge is 2.25. The maximum atomic E-state index is 4.58. The van der Waals surface area contributed by atoms with Crippen LogP contribution in [0.2, 0.25) is 0 Å². The number of aromatic nitrogens is 4. The minimum atomic E-state index is 0.316. The number of rotatable bonds is 3. The van der Waals surface area contributed by atoms with Crippen LogP contribution in [0.3, 0.4) is 0 Å². The molecular weight excluding hydrogens is 372 g/mol. The summed E-state index contributed by atoms with van der Waals surface area (Å²) in [6.07, 6.45) is 6.00. The van der Waals surface area contributed by atoms with Crippen molar-refractivity contribution in [3.05, 3.63) is 59.6 Å². The second kappa shape index (κ2) is 8.10. The van der Waals surface area contributed by atoms with Crippen LogP contribution in [0.1, 0.15) is 61.7 Å². The third-order valence-corrected chi connectivity index (χ3v) is 6.09. The normalized spacial score (nSPS) is 25.9. The molecule has 0 aliphatic carbocycles. The molecule has 2 aromatic heterocycles. The van der Waals surface area contributed by atoms with Crippen molar-refractivity contribution in [2.75, 3.05) is 13.1 Å². The number of benzene rings is 1. The predicted octanol–water partition coefficient (Wildman–Crippen LogP) is 3.54. The van der Waals surface area contributed by atoms with Gasteiger partial charge < -0.3 is 20.6 Å². The summed E-state index contributed by atoms with van der Waals surface area (Å²) < 4.78 is 0. The zero-order chi connectivity index (χ0) is 20.5. The van der Waals surface area contributed by atoms with Crippen LogP contribution >= 0.6 is 0 Å². The number of nitrogens with one attached hydrogen (secondary N) is 4. The molecule has 2 aliphatic rings. The number of H-pyrrole nitrogens is 2. The topological polar surface area (TPSA) is 81.4 Å². The summed E-state index contributed by atoms with van der Waals surface area (Å²) in [5.41, 5.74) is 4.00. The first-order valence-corrected chi connectivity index (χ1v) is 10.8. The molecule has 6 heteroatoms. The Labute approximate surface area is 177 Å². The van der Waals surface area contributed by atoms with E-state index >= 15 is 0 Å². The summed E-state index contributed by atoms with van der Waals surface area (Å²) in [6.45, 7) is 6.64. The number of imidazole rings is 2. The Morgan fingerprint density at radius 3 is 2.07 bits per heavy atom. The van der Waals surface area contributed by atoms with Gasteiger partial charge in [0, 0.05) is 5.56 Å². The van der Waals surface area contributed by atoms with Gasteiger partial charge in [-0.1, -0.05) is 31.9 Å². The van der Waals surface area contributed by atoms with E-state index in [9.17, 15) is 0 Å². The van der Waals surface area contributed by atoms with E-state index < -0.39 is 0 Å².